The predicted octanol–water partition coefficient (Wildman–Crippen LogP) is 2.16. The molecule has 3 nitrogen and oxygen atoms in total. The number of phenolic OH excluding ortho intramolecular Hbond substituents is 1. The molecular formula is C13H19NO2. The summed E-state index contributed by atoms with van der Waals surface area (Å²) in [5.41, 5.74) is 0. The highest BCUT2D eigenvalue weighted by molar-refractivity contribution is 5.37. The first-order valence-electron chi connectivity index (χ1n) is 5.98. The Balaban J connectivity index is 1.73. The maximum atomic E-state index is 9.51. The van der Waals surface area contributed by atoms with Crippen molar-refractivity contribution in [2.75, 3.05) is 19.7 Å². The van der Waals surface area contributed by atoms with E-state index >= 15 is 0 Å². The van der Waals surface area contributed by atoms with Crippen LogP contribution in [0.15, 0.2) is 24.3 Å². The molecule has 2 rings (SSSR count). The highest BCUT2D eigenvalue weighted by Gasteiger charge is 2.12. The van der Waals surface area contributed by atoms with Gasteiger partial charge in [0.1, 0.15) is 0 Å². The molecule has 1 fully saturated rings. The summed E-state index contributed by atoms with van der Waals surface area (Å²) >= 11 is 0. The molecule has 0 aromatic heterocycles. The van der Waals surface area contributed by atoms with Gasteiger partial charge in [0.2, 0.25) is 0 Å². The monoisotopic (exact) mass is 221 g/mol. The van der Waals surface area contributed by atoms with E-state index in [9.17, 15) is 5.11 Å². The van der Waals surface area contributed by atoms with E-state index in [1.807, 2.05) is 6.07 Å². The van der Waals surface area contributed by atoms with Gasteiger partial charge in [0, 0.05) is 0 Å². The molecule has 0 bridgehead atoms. The van der Waals surface area contributed by atoms with Crippen LogP contribution in [0.4, 0.5) is 0 Å². The standard InChI is InChI=1S/C13H19NO2/c15-12-3-1-2-4-13(12)16-10-7-11-5-8-14-9-6-11/h1-4,11,14-15H,5-10H2. The highest BCUT2D eigenvalue weighted by atomic mass is 16.5. The summed E-state index contributed by atoms with van der Waals surface area (Å²) in [7, 11) is 0. The normalized spacial score (nSPS) is 17.2. The summed E-state index contributed by atoms with van der Waals surface area (Å²) in [5.74, 6) is 1.59. The highest BCUT2D eigenvalue weighted by Crippen LogP contribution is 2.25. The molecule has 2 N–H and O–H groups in total. The van der Waals surface area contributed by atoms with Crippen molar-refractivity contribution in [2.45, 2.75) is 19.3 Å². The molecule has 0 atom stereocenters. The molecule has 16 heavy (non-hydrogen) atoms. The first-order chi connectivity index (χ1) is 7.86. The van der Waals surface area contributed by atoms with Gasteiger partial charge in [-0.05, 0) is 50.4 Å². The molecule has 1 heterocycles. The second-order valence-corrected chi connectivity index (χ2v) is 4.30. The molecule has 1 aliphatic rings. The fourth-order valence-electron chi connectivity index (χ4n) is 2.09. The molecule has 1 aromatic rings. The third-order valence-corrected chi connectivity index (χ3v) is 3.11. The number of hydrogen-bond acceptors (Lipinski definition) is 3. The van der Waals surface area contributed by atoms with E-state index in [2.05, 4.69) is 5.32 Å². The van der Waals surface area contributed by atoms with Crippen LogP contribution in [0.2, 0.25) is 0 Å². The van der Waals surface area contributed by atoms with E-state index in [0.717, 1.165) is 25.4 Å². The van der Waals surface area contributed by atoms with Gasteiger partial charge in [-0.15, -0.1) is 0 Å². The van der Waals surface area contributed by atoms with Crippen molar-refractivity contribution in [2.24, 2.45) is 5.92 Å². The fraction of sp³-hybridized carbons (Fsp3) is 0.538. The van der Waals surface area contributed by atoms with Crippen LogP contribution in [0.25, 0.3) is 0 Å². The minimum absolute atomic E-state index is 0.229. The summed E-state index contributed by atoms with van der Waals surface area (Å²) in [6.07, 6.45) is 3.56. The maximum absolute atomic E-state index is 9.51. The lowest BCUT2D eigenvalue weighted by Crippen LogP contribution is -2.28. The van der Waals surface area contributed by atoms with Crippen LogP contribution < -0.4 is 10.1 Å². The topological polar surface area (TPSA) is 41.5 Å². The average Bonchev–Trinajstić information content (AvgIpc) is 2.33. The molecule has 0 saturated carbocycles. The Morgan fingerprint density at radius 2 is 2.00 bits per heavy atom. The van der Waals surface area contributed by atoms with Crippen LogP contribution >= 0.6 is 0 Å². The number of piperidine rings is 1. The third kappa shape index (κ3) is 3.14. The molecule has 0 aliphatic carbocycles. The van der Waals surface area contributed by atoms with Gasteiger partial charge in [0.05, 0.1) is 6.61 Å². The number of para-hydroxylation sites is 2. The molecule has 1 aliphatic heterocycles. The van der Waals surface area contributed by atoms with Gasteiger partial charge in [-0.2, -0.15) is 0 Å². The predicted molar refractivity (Wildman–Crippen MR) is 63.8 cm³/mol. The first-order valence-corrected chi connectivity index (χ1v) is 5.98. The van der Waals surface area contributed by atoms with Gasteiger partial charge in [0.25, 0.3) is 0 Å². The van der Waals surface area contributed by atoms with Gasteiger partial charge in [-0.1, -0.05) is 12.1 Å². The number of benzene rings is 1. The van der Waals surface area contributed by atoms with Gasteiger partial charge in [0.15, 0.2) is 11.5 Å². The van der Waals surface area contributed by atoms with Crippen molar-refractivity contribution >= 4 is 0 Å². The Hall–Kier alpha value is -1.22. The molecule has 88 valence electrons. The molecule has 0 radical (unpaired) electrons. The van der Waals surface area contributed by atoms with Gasteiger partial charge < -0.3 is 15.2 Å². The number of ether oxygens (including phenoxy) is 1. The SMILES string of the molecule is Oc1ccccc1OCCC1CCNCC1. The van der Waals surface area contributed by atoms with Gasteiger partial charge in [-0.3, -0.25) is 0 Å². The van der Waals surface area contributed by atoms with E-state index in [4.69, 9.17) is 4.74 Å². The molecule has 0 spiro atoms. The number of aromatic hydroxyl groups is 1. The van der Waals surface area contributed by atoms with Crippen molar-refractivity contribution in [3.63, 3.8) is 0 Å². The second-order valence-electron chi connectivity index (χ2n) is 4.30. The number of nitrogens with one attached hydrogen (secondary N) is 1. The largest absolute Gasteiger partial charge is 0.504 e. The number of hydrogen-bond donors (Lipinski definition) is 2. The quantitative estimate of drug-likeness (QED) is 0.818. The van der Waals surface area contributed by atoms with Gasteiger partial charge >= 0.3 is 0 Å². The number of rotatable bonds is 4. The van der Waals surface area contributed by atoms with Crippen molar-refractivity contribution in [3.8, 4) is 11.5 Å². The lowest BCUT2D eigenvalue weighted by Gasteiger charge is -2.22. The molecule has 1 aromatic carbocycles. The summed E-state index contributed by atoms with van der Waals surface area (Å²) in [6, 6.07) is 7.13. The summed E-state index contributed by atoms with van der Waals surface area (Å²) in [5, 5.41) is 12.9. The Kier molecular flexibility index (Phi) is 4.05. The summed E-state index contributed by atoms with van der Waals surface area (Å²) < 4.78 is 5.57. The maximum Gasteiger partial charge on any atom is 0.160 e. The van der Waals surface area contributed by atoms with Crippen LogP contribution in [-0.4, -0.2) is 24.8 Å². The van der Waals surface area contributed by atoms with Crippen molar-refractivity contribution in [3.05, 3.63) is 24.3 Å². The second kappa shape index (κ2) is 5.75. The molecule has 0 amide bonds. The Bertz CT molecular complexity index is 321. The van der Waals surface area contributed by atoms with Crippen LogP contribution in [-0.2, 0) is 0 Å². The lowest BCUT2D eigenvalue weighted by atomic mass is 9.95. The zero-order chi connectivity index (χ0) is 11.2. The minimum Gasteiger partial charge on any atom is -0.504 e. The van der Waals surface area contributed by atoms with Crippen molar-refractivity contribution in [1.82, 2.24) is 5.32 Å². The molecule has 0 unspecified atom stereocenters. The molecule has 3 heteroatoms. The van der Waals surface area contributed by atoms with E-state index in [-0.39, 0.29) is 5.75 Å². The van der Waals surface area contributed by atoms with E-state index in [1.54, 1.807) is 18.2 Å². The Morgan fingerprint density at radius 3 is 2.75 bits per heavy atom. The van der Waals surface area contributed by atoms with E-state index < -0.39 is 0 Å². The molecular weight excluding hydrogens is 202 g/mol. The smallest absolute Gasteiger partial charge is 0.160 e. The average molecular weight is 221 g/mol. The number of phenols is 1. The lowest BCUT2D eigenvalue weighted by molar-refractivity contribution is 0.244. The van der Waals surface area contributed by atoms with Crippen LogP contribution in [0, 0.1) is 5.92 Å². The van der Waals surface area contributed by atoms with Crippen LogP contribution in [0.1, 0.15) is 19.3 Å². The Labute approximate surface area is 96.4 Å². The van der Waals surface area contributed by atoms with E-state index in [1.165, 1.54) is 12.8 Å². The van der Waals surface area contributed by atoms with Crippen molar-refractivity contribution < 1.29 is 9.84 Å². The fourth-order valence-corrected chi connectivity index (χ4v) is 2.09. The third-order valence-electron chi connectivity index (χ3n) is 3.11. The minimum atomic E-state index is 0.229. The Morgan fingerprint density at radius 1 is 1.25 bits per heavy atom. The summed E-state index contributed by atoms with van der Waals surface area (Å²) in [4.78, 5) is 0. The molecule has 1 saturated heterocycles. The zero-order valence-corrected chi connectivity index (χ0v) is 9.48. The van der Waals surface area contributed by atoms with Gasteiger partial charge in [-0.25, -0.2) is 0 Å². The zero-order valence-electron chi connectivity index (χ0n) is 9.48. The van der Waals surface area contributed by atoms with Crippen molar-refractivity contribution in [1.29, 1.82) is 0 Å². The van der Waals surface area contributed by atoms with Crippen LogP contribution in [0.3, 0.4) is 0 Å². The summed E-state index contributed by atoms with van der Waals surface area (Å²) in [6.45, 7) is 2.95. The van der Waals surface area contributed by atoms with E-state index in [0.29, 0.717) is 12.4 Å². The first kappa shape index (κ1) is 11.3. The van der Waals surface area contributed by atoms with Crippen LogP contribution in [0.5, 0.6) is 11.5 Å².